The van der Waals surface area contributed by atoms with E-state index in [1.165, 1.54) is 0 Å². The Bertz CT molecular complexity index is 776. The lowest BCUT2D eigenvalue weighted by molar-refractivity contribution is 0.0531. The highest BCUT2D eigenvalue weighted by Gasteiger charge is 2.36. The number of rotatable bonds is 5. The molecule has 0 saturated carbocycles. The Morgan fingerprint density at radius 1 is 1.33 bits per heavy atom. The van der Waals surface area contributed by atoms with Gasteiger partial charge in [-0.25, -0.2) is 8.42 Å². The number of benzene rings is 1. The van der Waals surface area contributed by atoms with Crippen LogP contribution in [0.1, 0.15) is 31.7 Å². The van der Waals surface area contributed by atoms with Crippen molar-refractivity contribution in [3.8, 4) is 0 Å². The summed E-state index contributed by atoms with van der Waals surface area (Å²) in [6.07, 6.45) is 2.34. The van der Waals surface area contributed by atoms with Crippen LogP contribution in [0, 0.1) is 0 Å². The van der Waals surface area contributed by atoms with E-state index in [2.05, 4.69) is 16.7 Å². The smallest absolute Gasteiger partial charge is 0.191 e. The van der Waals surface area contributed by atoms with Crippen molar-refractivity contribution in [1.29, 1.82) is 0 Å². The van der Waals surface area contributed by atoms with Crippen LogP contribution in [0.25, 0.3) is 0 Å². The first-order valence-electron chi connectivity index (χ1n) is 9.52. The van der Waals surface area contributed by atoms with Crippen molar-refractivity contribution in [3.05, 3.63) is 34.9 Å². The van der Waals surface area contributed by atoms with Gasteiger partial charge in [0, 0.05) is 36.2 Å². The van der Waals surface area contributed by atoms with Gasteiger partial charge in [0.2, 0.25) is 0 Å². The summed E-state index contributed by atoms with van der Waals surface area (Å²) >= 11 is 6.51. The van der Waals surface area contributed by atoms with Crippen LogP contribution in [0.3, 0.4) is 0 Å². The molecule has 1 aromatic rings. The molecule has 2 aliphatic heterocycles. The van der Waals surface area contributed by atoms with E-state index in [0.29, 0.717) is 38.7 Å². The van der Waals surface area contributed by atoms with E-state index in [-0.39, 0.29) is 23.0 Å². The first-order chi connectivity index (χ1) is 12.9. The van der Waals surface area contributed by atoms with Crippen LogP contribution in [-0.2, 0) is 20.0 Å². The number of nitrogens with zero attached hydrogens (tertiary/aromatic N) is 1. The Morgan fingerprint density at radius 3 is 2.70 bits per heavy atom. The van der Waals surface area contributed by atoms with E-state index in [9.17, 15) is 8.42 Å². The van der Waals surface area contributed by atoms with Gasteiger partial charge in [0.1, 0.15) is 0 Å². The fourth-order valence-corrected chi connectivity index (χ4v) is 5.83. The number of hydrogen-bond acceptors (Lipinski definition) is 4. The molecule has 3 rings (SSSR count). The number of guanidine groups is 1. The van der Waals surface area contributed by atoms with Crippen LogP contribution < -0.4 is 10.6 Å². The van der Waals surface area contributed by atoms with Crippen molar-refractivity contribution in [3.63, 3.8) is 0 Å². The zero-order chi connectivity index (χ0) is 19.3. The molecule has 0 bridgehead atoms. The van der Waals surface area contributed by atoms with Gasteiger partial charge < -0.3 is 15.4 Å². The molecule has 0 aliphatic carbocycles. The van der Waals surface area contributed by atoms with Gasteiger partial charge in [-0.05, 0) is 37.8 Å². The van der Waals surface area contributed by atoms with Gasteiger partial charge in [-0.3, -0.25) is 4.99 Å². The molecular formula is C19H28ClN3O3S. The molecule has 0 amide bonds. The van der Waals surface area contributed by atoms with Gasteiger partial charge >= 0.3 is 0 Å². The fraction of sp³-hybridized carbons (Fsp3) is 0.632. The summed E-state index contributed by atoms with van der Waals surface area (Å²) in [5, 5.41) is 7.29. The van der Waals surface area contributed by atoms with Crippen molar-refractivity contribution in [2.24, 2.45) is 4.99 Å². The second-order valence-corrected chi connectivity index (χ2v) is 9.95. The normalized spacial score (nSPS) is 24.5. The maximum absolute atomic E-state index is 11.7. The van der Waals surface area contributed by atoms with E-state index in [4.69, 9.17) is 21.3 Å². The molecule has 8 heteroatoms. The summed E-state index contributed by atoms with van der Waals surface area (Å²) in [6.45, 7) is 4.67. The van der Waals surface area contributed by atoms with Gasteiger partial charge in [0.15, 0.2) is 15.8 Å². The van der Waals surface area contributed by atoms with Crippen molar-refractivity contribution < 1.29 is 13.2 Å². The third kappa shape index (κ3) is 5.15. The van der Waals surface area contributed by atoms with Crippen molar-refractivity contribution in [2.75, 3.05) is 37.8 Å². The molecule has 1 unspecified atom stereocenters. The largest absolute Gasteiger partial charge is 0.381 e. The predicted octanol–water partition coefficient (Wildman–Crippen LogP) is 2.13. The molecule has 2 saturated heterocycles. The Balaban J connectivity index is 1.80. The molecule has 1 aromatic carbocycles. The molecule has 1 atom stereocenters. The highest BCUT2D eigenvalue weighted by molar-refractivity contribution is 7.91. The van der Waals surface area contributed by atoms with Crippen LogP contribution in [0.15, 0.2) is 29.3 Å². The first-order valence-corrected chi connectivity index (χ1v) is 11.7. The number of ether oxygens (including phenoxy) is 1. The number of aliphatic imine (C=N–C) groups is 1. The summed E-state index contributed by atoms with van der Waals surface area (Å²) < 4.78 is 29.0. The maximum Gasteiger partial charge on any atom is 0.191 e. The number of sulfone groups is 1. The average molecular weight is 414 g/mol. The second-order valence-electron chi connectivity index (χ2n) is 7.31. The summed E-state index contributed by atoms with van der Waals surface area (Å²) in [4.78, 5) is 4.82. The van der Waals surface area contributed by atoms with E-state index >= 15 is 0 Å². The molecule has 0 radical (unpaired) electrons. The van der Waals surface area contributed by atoms with Gasteiger partial charge in [0.05, 0.1) is 18.1 Å². The lowest BCUT2D eigenvalue weighted by atomic mass is 9.74. The summed E-state index contributed by atoms with van der Waals surface area (Å²) in [5.41, 5.74) is 0.943. The van der Waals surface area contributed by atoms with Crippen molar-refractivity contribution >= 4 is 27.4 Å². The Morgan fingerprint density at radius 2 is 2.07 bits per heavy atom. The van der Waals surface area contributed by atoms with Crippen molar-refractivity contribution in [1.82, 2.24) is 10.6 Å². The highest BCUT2D eigenvalue weighted by Crippen LogP contribution is 2.38. The molecule has 27 heavy (non-hydrogen) atoms. The first kappa shape index (κ1) is 20.4. The molecule has 0 aromatic heterocycles. The second kappa shape index (κ2) is 8.80. The topological polar surface area (TPSA) is 79.8 Å². The van der Waals surface area contributed by atoms with Gasteiger partial charge in [0.25, 0.3) is 0 Å². The molecule has 6 nitrogen and oxygen atoms in total. The molecule has 2 N–H and O–H groups in total. The predicted molar refractivity (Wildman–Crippen MR) is 109 cm³/mol. The fourth-order valence-electron chi connectivity index (χ4n) is 3.82. The molecule has 0 spiro atoms. The molecule has 2 fully saturated rings. The number of nitrogens with one attached hydrogen (secondary N) is 2. The Kier molecular flexibility index (Phi) is 6.65. The monoisotopic (exact) mass is 413 g/mol. The zero-order valence-electron chi connectivity index (χ0n) is 15.7. The summed E-state index contributed by atoms with van der Waals surface area (Å²) in [7, 11) is -2.93. The van der Waals surface area contributed by atoms with E-state index < -0.39 is 9.84 Å². The third-order valence-electron chi connectivity index (χ3n) is 5.35. The van der Waals surface area contributed by atoms with E-state index in [1.807, 2.05) is 25.1 Å². The minimum atomic E-state index is -2.93. The zero-order valence-corrected chi connectivity index (χ0v) is 17.3. The minimum absolute atomic E-state index is 0.0845. The highest BCUT2D eigenvalue weighted by atomic mass is 35.5. The SMILES string of the molecule is CCNC(=NCC1(c2ccccc2Cl)CCOCC1)NC1CCS(=O)(=O)C1. The Labute approximate surface area is 166 Å². The summed E-state index contributed by atoms with van der Waals surface area (Å²) in [6, 6.07) is 7.86. The van der Waals surface area contributed by atoms with Gasteiger partial charge in [-0.15, -0.1) is 0 Å². The van der Waals surface area contributed by atoms with Gasteiger partial charge in [-0.1, -0.05) is 29.8 Å². The maximum atomic E-state index is 11.7. The molecular weight excluding hydrogens is 386 g/mol. The van der Waals surface area contributed by atoms with Crippen LogP contribution >= 0.6 is 11.6 Å². The van der Waals surface area contributed by atoms with E-state index in [0.717, 1.165) is 23.4 Å². The van der Waals surface area contributed by atoms with Crippen LogP contribution in [0.2, 0.25) is 5.02 Å². The minimum Gasteiger partial charge on any atom is -0.381 e. The lowest BCUT2D eigenvalue weighted by Crippen LogP contribution is -2.45. The lowest BCUT2D eigenvalue weighted by Gasteiger charge is -2.37. The standard InChI is InChI=1S/C19H28ClN3O3S/c1-2-21-18(23-15-7-12-27(24,25)13-15)22-14-19(8-10-26-11-9-19)16-5-3-4-6-17(16)20/h3-6,15H,2,7-14H2,1H3,(H2,21,22,23). The molecule has 150 valence electrons. The number of hydrogen-bond donors (Lipinski definition) is 2. The van der Waals surface area contributed by atoms with Crippen LogP contribution in [0.4, 0.5) is 0 Å². The third-order valence-corrected chi connectivity index (χ3v) is 7.45. The van der Waals surface area contributed by atoms with Gasteiger partial charge in [-0.2, -0.15) is 0 Å². The average Bonchev–Trinajstić information content (AvgIpc) is 2.99. The molecule has 2 heterocycles. The number of halogens is 1. The van der Waals surface area contributed by atoms with Crippen LogP contribution in [0.5, 0.6) is 0 Å². The Hall–Kier alpha value is -1.31. The molecule has 2 aliphatic rings. The quantitative estimate of drug-likeness (QED) is 0.571. The van der Waals surface area contributed by atoms with Crippen LogP contribution in [-0.4, -0.2) is 58.2 Å². The van der Waals surface area contributed by atoms with Crippen molar-refractivity contribution in [2.45, 2.75) is 37.6 Å². The summed E-state index contributed by atoms with van der Waals surface area (Å²) in [5.74, 6) is 1.07. The van der Waals surface area contributed by atoms with E-state index in [1.54, 1.807) is 0 Å².